The Morgan fingerprint density at radius 2 is 2.12 bits per heavy atom. The highest BCUT2D eigenvalue weighted by Crippen LogP contribution is 2.23. The smallest absolute Gasteiger partial charge is 0.405 e. The minimum absolute atomic E-state index is 0.382. The number of nitrogens with one attached hydrogen (secondary N) is 1. The van der Waals surface area contributed by atoms with Gasteiger partial charge in [-0.1, -0.05) is 0 Å². The summed E-state index contributed by atoms with van der Waals surface area (Å²) in [5.41, 5.74) is -1.22. The van der Waals surface area contributed by atoms with Crippen molar-refractivity contribution in [3.8, 4) is 0 Å². The van der Waals surface area contributed by atoms with Crippen LogP contribution in [0.2, 0.25) is 0 Å². The standard InChI is InChI=1S/C8H5BrF4N2O2/c9-6-3(10)1-4(5(15-6)7(16)17)14-2-8(11,12)13/h1,14H,2H2,(H,16,17). The average molecular weight is 317 g/mol. The van der Waals surface area contributed by atoms with E-state index in [0.29, 0.717) is 6.07 Å². The number of carboxylic acids is 1. The van der Waals surface area contributed by atoms with Gasteiger partial charge in [0, 0.05) is 6.07 Å². The fraction of sp³-hybridized carbons (Fsp3) is 0.250. The summed E-state index contributed by atoms with van der Waals surface area (Å²) in [6.45, 7) is -1.48. The van der Waals surface area contributed by atoms with Gasteiger partial charge in [0.15, 0.2) is 11.5 Å². The van der Waals surface area contributed by atoms with Crippen LogP contribution >= 0.6 is 15.9 Å². The number of carboxylic acid groups (broad SMARTS) is 1. The van der Waals surface area contributed by atoms with Crippen molar-refractivity contribution in [3.05, 3.63) is 22.2 Å². The van der Waals surface area contributed by atoms with Gasteiger partial charge in [0.2, 0.25) is 0 Å². The number of hydrogen-bond acceptors (Lipinski definition) is 3. The zero-order valence-electron chi connectivity index (χ0n) is 7.98. The van der Waals surface area contributed by atoms with Gasteiger partial charge in [0.25, 0.3) is 0 Å². The van der Waals surface area contributed by atoms with Crippen molar-refractivity contribution in [2.24, 2.45) is 0 Å². The van der Waals surface area contributed by atoms with Crippen LogP contribution in [-0.4, -0.2) is 28.8 Å². The van der Waals surface area contributed by atoms with Gasteiger partial charge in [-0.15, -0.1) is 0 Å². The SMILES string of the molecule is O=C(O)c1nc(Br)c(F)cc1NCC(F)(F)F. The Morgan fingerprint density at radius 1 is 1.53 bits per heavy atom. The van der Waals surface area contributed by atoms with Crippen LogP contribution in [0.4, 0.5) is 23.2 Å². The molecule has 0 radical (unpaired) electrons. The predicted octanol–water partition coefficient (Wildman–Crippen LogP) is 2.66. The molecule has 94 valence electrons. The molecule has 0 unspecified atom stereocenters. The highest BCUT2D eigenvalue weighted by molar-refractivity contribution is 9.10. The van der Waals surface area contributed by atoms with Crippen LogP contribution in [0.1, 0.15) is 10.5 Å². The molecule has 1 rings (SSSR count). The summed E-state index contributed by atoms with van der Waals surface area (Å²) in [6, 6.07) is 0.631. The molecule has 0 saturated heterocycles. The number of aromatic carboxylic acids is 1. The van der Waals surface area contributed by atoms with Crippen LogP contribution in [0, 0.1) is 5.82 Å². The summed E-state index contributed by atoms with van der Waals surface area (Å²) in [7, 11) is 0. The number of carbonyl (C=O) groups is 1. The summed E-state index contributed by atoms with van der Waals surface area (Å²) < 4.78 is 48.4. The number of pyridine rings is 1. The molecule has 17 heavy (non-hydrogen) atoms. The van der Waals surface area contributed by atoms with E-state index in [1.165, 1.54) is 0 Å². The lowest BCUT2D eigenvalue weighted by Crippen LogP contribution is -2.23. The number of alkyl halides is 3. The maximum absolute atomic E-state index is 13.0. The van der Waals surface area contributed by atoms with Crippen LogP contribution in [-0.2, 0) is 0 Å². The number of rotatable bonds is 3. The fourth-order valence-electron chi connectivity index (χ4n) is 0.960. The quantitative estimate of drug-likeness (QED) is 0.665. The number of anilines is 1. The summed E-state index contributed by atoms with van der Waals surface area (Å²) in [5.74, 6) is -2.52. The van der Waals surface area contributed by atoms with E-state index in [0.717, 1.165) is 0 Å². The normalized spacial score (nSPS) is 11.4. The van der Waals surface area contributed by atoms with Gasteiger partial charge in [0.1, 0.15) is 11.1 Å². The van der Waals surface area contributed by atoms with E-state index in [9.17, 15) is 22.4 Å². The first-order valence-electron chi connectivity index (χ1n) is 4.10. The molecule has 4 nitrogen and oxygen atoms in total. The topological polar surface area (TPSA) is 62.2 Å². The van der Waals surface area contributed by atoms with E-state index < -0.39 is 35.9 Å². The van der Waals surface area contributed by atoms with E-state index in [4.69, 9.17) is 5.11 Å². The zero-order chi connectivity index (χ0) is 13.2. The molecular weight excluding hydrogens is 312 g/mol. The molecule has 0 fully saturated rings. The van der Waals surface area contributed by atoms with Gasteiger partial charge in [-0.25, -0.2) is 14.2 Å². The summed E-state index contributed by atoms with van der Waals surface area (Å²) in [5, 5.41) is 10.5. The van der Waals surface area contributed by atoms with Gasteiger partial charge < -0.3 is 10.4 Å². The summed E-state index contributed by atoms with van der Waals surface area (Å²) in [6.07, 6.45) is -4.54. The van der Waals surface area contributed by atoms with Gasteiger partial charge in [0.05, 0.1) is 5.69 Å². The lowest BCUT2D eigenvalue weighted by molar-refractivity contribution is -0.115. The molecule has 0 amide bonds. The van der Waals surface area contributed by atoms with Crippen LogP contribution in [0.15, 0.2) is 10.7 Å². The van der Waals surface area contributed by atoms with Crippen molar-refractivity contribution in [1.29, 1.82) is 0 Å². The van der Waals surface area contributed by atoms with Crippen LogP contribution in [0.5, 0.6) is 0 Å². The molecule has 9 heteroatoms. The van der Waals surface area contributed by atoms with Crippen LogP contribution in [0.3, 0.4) is 0 Å². The van der Waals surface area contributed by atoms with E-state index in [2.05, 4.69) is 20.9 Å². The second-order valence-electron chi connectivity index (χ2n) is 2.93. The first-order valence-corrected chi connectivity index (χ1v) is 4.90. The third kappa shape index (κ3) is 3.84. The van der Waals surface area contributed by atoms with E-state index in [1.807, 2.05) is 0 Å². The third-order valence-corrected chi connectivity index (χ3v) is 2.17. The molecule has 0 aromatic carbocycles. The average Bonchev–Trinajstić information content (AvgIpc) is 2.17. The minimum Gasteiger partial charge on any atom is -0.476 e. The molecule has 0 aliphatic rings. The molecule has 0 aliphatic heterocycles. The molecular formula is C8H5BrF4N2O2. The third-order valence-electron chi connectivity index (χ3n) is 1.62. The molecule has 0 atom stereocenters. The summed E-state index contributed by atoms with van der Waals surface area (Å²) in [4.78, 5) is 14.0. The van der Waals surface area contributed by atoms with Gasteiger partial charge in [-0.2, -0.15) is 13.2 Å². The lowest BCUT2D eigenvalue weighted by atomic mass is 10.3. The molecule has 0 saturated carbocycles. The molecule has 0 bridgehead atoms. The maximum atomic E-state index is 13.0. The number of aromatic nitrogens is 1. The molecule has 1 heterocycles. The molecule has 0 spiro atoms. The minimum atomic E-state index is -4.54. The van der Waals surface area contributed by atoms with Gasteiger partial charge in [-0.05, 0) is 15.9 Å². The Balaban J connectivity index is 3.05. The van der Waals surface area contributed by atoms with E-state index in [-0.39, 0.29) is 4.60 Å². The van der Waals surface area contributed by atoms with Crippen molar-refractivity contribution in [3.63, 3.8) is 0 Å². The Kier molecular flexibility index (Phi) is 3.91. The number of hydrogen-bond donors (Lipinski definition) is 2. The van der Waals surface area contributed by atoms with Crippen molar-refractivity contribution < 1.29 is 27.5 Å². The Bertz CT molecular complexity index is 450. The van der Waals surface area contributed by atoms with Crippen molar-refractivity contribution in [2.45, 2.75) is 6.18 Å². The van der Waals surface area contributed by atoms with Crippen molar-refractivity contribution in [2.75, 3.05) is 11.9 Å². The van der Waals surface area contributed by atoms with Gasteiger partial charge in [-0.3, -0.25) is 0 Å². The van der Waals surface area contributed by atoms with Crippen molar-refractivity contribution >= 4 is 27.6 Å². The Morgan fingerprint density at radius 3 is 2.59 bits per heavy atom. The van der Waals surface area contributed by atoms with E-state index in [1.54, 1.807) is 5.32 Å². The highest BCUT2D eigenvalue weighted by atomic mass is 79.9. The first kappa shape index (κ1) is 13.7. The van der Waals surface area contributed by atoms with Gasteiger partial charge >= 0.3 is 12.1 Å². The van der Waals surface area contributed by atoms with Crippen LogP contribution in [0.25, 0.3) is 0 Å². The zero-order valence-corrected chi connectivity index (χ0v) is 9.56. The molecule has 2 N–H and O–H groups in total. The number of halogens is 5. The second kappa shape index (κ2) is 4.86. The lowest BCUT2D eigenvalue weighted by Gasteiger charge is -2.11. The number of nitrogens with zero attached hydrogens (tertiary/aromatic N) is 1. The highest BCUT2D eigenvalue weighted by Gasteiger charge is 2.28. The molecule has 1 aromatic heterocycles. The molecule has 1 aromatic rings. The second-order valence-corrected chi connectivity index (χ2v) is 3.68. The summed E-state index contributed by atoms with van der Waals surface area (Å²) >= 11 is 2.64. The maximum Gasteiger partial charge on any atom is 0.405 e. The van der Waals surface area contributed by atoms with Crippen LogP contribution < -0.4 is 5.32 Å². The molecule has 0 aliphatic carbocycles. The predicted molar refractivity (Wildman–Crippen MR) is 53.4 cm³/mol. The Hall–Kier alpha value is -1.38. The first-order chi connectivity index (χ1) is 7.70. The Labute approximate surface area is 101 Å². The van der Waals surface area contributed by atoms with Crippen molar-refractivity contribution in [1.82, 2.24) is 4.98 Å². The van der Waals surface area contributed by atoms with E-state index >= 15 is 0 Å². The monoisotopic (exact) mass is 316 g/mol. The fourth-order valence-corrected chi connectivity index (χ4v) is 1.25. The largest absolute Gasteiger partial charge is 0.476 e.